The third-order valence-electron chi connectivity index (χ3n) is 2.35. The molecule has 4 nitrogen and oxygen atoms in total. The summed E-state index contributed by atoms with van der Waals surface area (Å²) >= 11 is 0. The Labute approximate surface area is 89.9 Å². The second kappa shape index (κ2) is 5.66. The highest BCUT2D eigenvalue weighted by molar-refractivity contribution is 5.82. The predicted octanol–water partition coefficient (Wildman–Crippen LogP) is 1.08. The molecule has 1 rings (SSSR count). The molecule has 0 aliphatic rings. The third-order valence-corrected chi connectivity index (χ3v) is 2.35. The lowest BCUT2D eigenvalue weighted by atomic mass is 10.0. The number of hydrogen-bond donors (Lipinski definition) is 1. The summed E-state index contributed by atoms with van der Waals surface area (Å²) in [7, 11) is 1.84. The summed E-state index contributed by atoms with van der Waals surface area (Å²) < 4.78 is 1.71. The van der Waals surface area contributed by atoms with Gasteiger partial charge in [0.05, 0.1) is 6.20 Å². The predicted molar refractivity (Wildman–Crippen MR) is 57.5 cm³/mol. The van der Waals surface area contributed by atoms with Gasteiger partial charge in [-0.1, -0.05) is 13.3 Å². The maximum absolute atomic E-state index is 11.4. The average molecular weight is 210 g/mol. The molecule has 0 amide bonds. The van der Waals surface area contributed by atoms with Crippen LogP contribution in [0.3, 0.4) is 0 Å². The summed E-state index contributed by atoms with van der Waals surface area (Å²) in [5.74, 6) is -0.0688. The maximum Gasteiger partial charge on any atom is 0.161 e. The lowest BCUT2D eigenvalue weighted by Crippen LogP contribution is -2.20. The number of aliphatic hydroxyl groups is 1. The smallest absolute Gasteiger partial charge is 0.161 e. The van der Waals surface area contributed by atoms with Crippen molar-refractivity contribution in [3.05, 3.63) is 18.0 Å². The summed E-state index contributed by atoms with van der Waals surface area (Å²) in [6, 6.07) is 0. The first-order chi connectivity index (χ1) is 7.13. The number of aryl methyl sites for hydroxylation is 2. The lowest BCUT2D eigenvalue weighted by Gasteiger charge is -2.06. The molecule has 0 bridgehead atoms. The molecule has 0 spiro atoms. The molecule has 0 saturated heterocycles. The van der Waals surface area contributed by atoms with Crippen molar-refractivity contribution in [1.29, 1.82) is 0 Å². The third kappa shape index (κ3) is 3.83. The summed E-state index contributed by atoms with van der Waals surface area (Å²) in [5, 5.41) is 13.4. The minimum absolute atomic E-state index is 0.0688. The quantitative estimate of drug-likeness (QED) is 0.764. The van der Waals surface area contributed by atoms with E-state index in [1.54, 1.807) is 10.9 Å². The van der Waals surface area contributed by atoms with Crippen molar-refractivity contribution in [2.75, 3.05) is 0 Å². The molecule has 1 atom stereocenters. The molecule has 1 aromatic rings. The summed E-state index contributed by atoms with van der Waals surface area (Å²) in [5.41, 5.74) is 1.04. The first-order valence-corrected chi connectivity index (χ1v) is 5.31. The molecule has 1 unspecified atom stereocenters. The number of hydrogen-bond acceptors (Lipinski definition) is 3. The average Bonchev–Trinajstić information content (AvgIpc) is 2.61. The van der Waals surface area contributed by atoms with Gasteiger partial charge in [-0.25, -0.2) is 0 Å². The summed E-state index contributed by atoms with van der Waals surface area (Å²) in [6.07, 6.45) is 5.30. The number of carbonyl (C=O) groups is 1. The molecule has 0 fully saturated rings. The van der Waals surface area contributed by atoms with Gasteiger partial charge in [-0.15, -0.1) is 0 Å². The van der Waals surface area contributed by atoms with Crippen LogP contribution >= 0.6 is 0 Å². The fourth-order valence-corrected chi connectivity index (χ4v) is 1.47. The van der Waals surface area contributed by atoms with Crippen molar-refractivity contribution in [2.45, 2.75) is 38.7 Å². The number of carbonyl (C=O) groups excluding carboxylic acids is 1. The number of rotatable bonds is 6. The Morgan fingerprint density at radius 2 is 2.40 bits per heavy atom. The van der Waals surface area contributed by atoms with E-state index in [-0.39, 0.29) is 5.78 Å². The highest BCUT2D eigenvalue weighted by Crippen LogP contribution is 2.06. The Bertz CT molecular complexity index is 320. The Morgan fingerprint density at radius 3 is 2.93 bits per heavy atom. The van der Waals surface area contributed by atoms with E-state index in [0.29, 0.717) is 19.3 Å². The van der Waals surface area contributed by atoms with Crippen LogP contribution in [0.15, 0.2) is 12.4 Å². The fraction of sp³-hybridized carbons (Fsp3) is 0.636. The van der Waals surface area contributed by atoms with Crippen LogP contribution in [0.1, 0.15) is 31.7 Å². The number of ketones is 1. The molecular formula is C11H18N2O2. The van der Waals surface area contributed by atoms with E-state index in [4.69, 9.17) is 0 Å². The molecule has 0 aliphatic carbocycles. The molecule has 0 aromatic carbocycles. The summed E-state index contributed by atoms with van der Waals surface area (Å²) in [6.45, 7) is 1.96. The zero-order chi connectivity index (χ0) is 11.3. The first kappa shape index (κ1) is 11.9. The van der Waals surface area contributed by atoms with Crippen LogP contribution in [-0.2, 0) is 18.3 Å². The van der Waals surface area contributed by atoms with E-state index in [1.807, 2.05) is 20.2 Å². The SMILES string of the molecule is CCCC(O)C(=O)CCc1cnn(C)c1. The van der Waals surface area contributed by atoms with Gasteiger partial charge in [0, 0.05) is 19.7 Å². The Hall–Kier alpha value is -1.16. The van der Waals surface area contributed by atoms with Crippen molar-refractivity contribution in [1.82, 2.24) is 9.78 Å². The lowest BCUT2D eigenvalue weighted by molar-refractivity contribution is -0.127. The van der Waals surface area contributed by atoms with Crippen molar-refractivity contribution in [3.63, 3.8) is 0 Å². The largest absolute Gasteiger partial charge is 0.385 e. The van der Waals surface area contributed by atoms with E-state index in [2.05, 4.69) is 5.10 Å². The van der Waals surface area contributed by atoms with Crippen LogP contribution in [0.25, 0.3) is 0 Å². The van der Waals surface area contributed by atoms with E-state index in [9.17, 15) is 9.90 Å². The number of Topliss-reactive ketones (excluding diaryl/α,β-unsaturated/α-hetero) is 1. The Balaban J connectivity index is 2.34. The zero-order valence-corrected chi connectivity index (χ0v) is 9.31. The van der Waals surface area contributed by atoms with Crippen molar-refractivity contribution >= 4 is 5.78 Å². The molecule has 4 heteroatoms. The Morgan fingerprint density at radius 1 is 1.67 bits per heavy atom. The second-order valence-corrected chi connectivity index (χ2v) is 3.79. The van der Waals surface area contributed by atoms with Gasteiger partial charge in [0.2, 0.25) is 0 Å². The van der Waals surface area contributed by atoms with Gasteiger partial charge < -0.3 is 5.11 Å². The van der Waals surface area contributed by atoms with Gasteiger partial charge >= 0.3 is 0 Å². The number of aromatic nitrogens is 2. The van der Waals surface area contributed by atoms with Gasteiger partial charge in [-0.2, -0.15) is 5.10 Å². The molecule has 84 valence electrons. The molecule has 0 aliphatic heterocycles. The van der Waals surface area contributed by atoms with Gasteiger partial charge in [0.25, 0.3) is 0 Å². The molecule has 0 radical (unpaired) electrons. The van der Waals surface area contributed by atoms with E-state index >= 15 is 0 Å². The van der Waals surface area contributed by atoms with Crippen LogP contribution in [0, 0.1) is 0 Å². The van der Waals surface area contributed by atoms with Gasteiger partial charge in [0.1, 0.15) is 6.10 Å². The van der Waals surface area contributed by atoms with Crippen LogP contribution < -0.4 is 0 Å². The zero-order valence-electron chi connectivity index (χ0n) is 9.31. The van der Waals surface area contributed by atoms with Gasteiger partial charge in [0.15, 0.2) is 5.78 Å². The summed E-state index contributed by atoms with van der Waals surface area (Å²) in [4.78, 5) is 11.4. The standard InChI is InChI=1S/C11H18N2O2/c1-3-4-10(14)11(15)6-5-9-7-12-13(2)8-9/h7-8,10,14H,3-6H2,1-2H3. The number of aliphatic hydroxyl groups excluding tert-OH is 1. The molecule has 1 heterocycles. The minimum atomic E-state index is -0.785. The highest BCUT2D eigenvalue weighted by atomic mass is 16.3. The van der Waals surface area contributed by atoms with Crippen molar-refractivity contribution < 1.29 is 9.90 Å². The maximum atomic E-state index is 11.4. The van der Waals surface area contributed by atoms with E-state index < -0.39 is 6.10 Å². The van der Waals surface area contributed by atoms with Crippen LogP contribution in [0.5, 0.6) is 0 Å². The molecule has 1 aromatic heterocycles. The normalized spacial score (nSPS) is 12.7. The van der Waals surface area contributed by atoms with Crippen LogP contribution in [0.2, 0.25) is 0 Å². The minimum Gasteiger partial charge on any atom is -0.385 e. The van der Waals surface area contributed by atoms with Gasteiger partial charge in [-0.05, 0) is 18.4 Å². The molecular weight excluding hydrogens is 192 g/mol. The molecule has 15 heavy (non-hydrogen) atoms. The highest BCUT2D eigenvalue weighted by Gasteiger charge is 2.13. The molecule has 1 N–H and O–H groups in total. The fourth-order valence-electron chi connectivity index (χ4n) is 1.47. The van der Waals surface area contributed by atoms with Crippen molar-refractivity contribution in [2.24, 2.45) is 7.05 Å². The van der Waals surface area contributed by atoms with Crippen molar-refractivity contribution in [3.8, 4) is 0 Å². The van der Waals surface area contributed by atoms with Crippen LogP contribution in [0.4, 0.5) is 0 Å². The van der Waals surface area contributed by atoms with E-state index in [1.165, 1.54) is 0 Å². The van der Waals surface area contributed by atoms with E-state index in [0.717, 1.165) is 12.0 Å². The second-order valence-electron chi connectivity index (χ2n) is 3.79. The van der Waals surface area contributed by atoms with Gasteiger partial charge in [-0.3, -0.25) is 9.48 Å². The van der Waals surface area contributed by atoms with Crippen LogP contribution in [-0.4, -0.2) is 26.8 Å². The molecule has 0 saturated carbocycles. The Kier molecular flexibility index (Phi) is 4.49. The monoisotopic (exact) mass is 210 g/mol. The first-order valence-electron chi connectivity index (χ1n) is 5.31. The number of nitrogens with zero attached hydrogens (tertiary/aromatic N) is 2. The topological polar surface area (TPSA) is 55.1 Å².